The third-order valence-electron chi connectivity index (χ3n) is 5.19. The molecule has 1 unspecified atom stereocenters. The molecule has 3 aromatic rings. The predicted molar refractivity (Wildman–Crippen MR) is 112 cm³/mol. The second-order valence-corrected chi connectivity index (χ2v) is 8.32. The monoisotopic (exact) mass is 429 g/mol. The number of nitrogens with one attached hydrogen (secondary N) is 1. The van der Waals surface area contributed by atoms with Crippen LogP contribution >= 0.6 is 11.3 Å². The quantitative estimate of drug-likeness (QED) is 0.643. The number of thiophene rings is 1. The Kier molecular flexibility index (Phi) is 5.15. The zero-order valence-corrected chi connectivity index (χ0v) is 17.6. The zero-order valence-electron chi connectivity index (χ0n) is 16.7. The molecule has 1 amide bonds. The van der Waals surface area contributed by atoms with Crippen molar-refractivity contribution >= 4 is 39.1 Å². The molecule has 9 heteroatoms. The number of carbonyl (C=O) groups is 2. The molecule has 2 aromatic heterocycles. The molecule has 0 aliphatic carbocycles. The molecule has 0 bridgehead atoms. The van der Waals surface area contributed by atoms with Crippen LogP contribution in [0, 0.1) is 19.7 Å². The molecule has 1 aliphatic rings. The van der Waals surface area contributed by atoms with Gasteiger partial charge in [-0.15, -0.1) is 11.3 Å². The first-order valence-corrected chi connectivity index (χ1v) is 10.4. The SMILES string of the molecule is Cc1ccc(NC(=O)C(C)OC(=O)c2sc3nc4n(c(=O)c3c2C)CCC4)cc1F. The molecule has 0 fully saturated rings. The maximum Gasteiger partial charge on any atom is 0.349 e. The lowest BCUT2D eigenvalue weighted by Gasteiger charge is -2.13. The van der Waals surface area contributed by atoms with E-state index in [1.807, 2.05) is 0 Å². The minimum absolute atomic E-state index is 0.146. The van der Waals surface area contributed by atoms with E-state index in [0.717, 1.165) is 30.0 Å². The summed E-state index contributed by atoms with van der Waals surface area (Å²) in [6.07, 6.45) is 0.509. The van der Waals surface area contributed by atoms with Crippen LogP contribution in [0.2, 0.25) is 0 Å². The molecule has 4 rings (SSSR count). The summed E-state index contributed by atoms with van der Waals surface area (Å²) in [5.41, 5.74) is 1.10. The highest BCUT2D eigenvalue weighted by atomic mass is 32.1. The largest absolute Gasteiger partial charge is 0.448 e. The fourth-order valence-corrected chi connectivity index (χ4v) is 4.53. The van der Waals surface area contributed by atoms with E-state index < -0.39 is 23.8 Å². The lowest BCUT2D eigenvalue weighted by atomic mass is 10.2. The number of aryl methyl sites for hydroxylation is 3. The van der Waals surface area contributed by atoms with E-state index >= 15 is 0 Å². The summed E-state index contributed by atoms with van der Waals surface area (Å²) in [6.45, 7) is 5.36. The predicted octanol–water partition coefficient (Wildman–Crippen LogP) is 3.34. The number of fused-ring (bicyclic) bond motifs is 2. The molecule has 0 saturated carbocycles. The van der Waals surface area contributed by atoms with Gasteiger partial charge in [-0.1, -0.05) is 6.07 Å². The average molecular weight is 429 g/mol. The van der Waals surface area contributed by atoms with Gasteiger partial charge in [-0.2, -0.15) is 0 Å². The fourth-order valence-electron chi connectivity index (χ4n) is 3.45. The summed E-state index contributed by atoms with van der Waals surface area (Å²) in [6, 6.07) is 4.32. The van der Waals surface area contributed by atoms with Crippen LogP contribution in [0.4, 0.5) is 10.1 Å². The van der Waals surface area contributed by atoms with Gasteiger partial charge in [0.15, 0.2) is 6.10 Å². The van der Waals surface area contributed by atoms with Gasteiger partial charge >= 0.3 is 5.97 Å². The number of ether oxygens (including phenoxy) is 1. The number of rotatable bonds is 4. The summed E-state index contributed by atoms with van der Waals surface area (Å²) in [4.78, 5) is 43.1. The van der Waals surface area contributed by atoms with Crippen LogP contribution in [0.25, 0.3) is 10.2 Å². The van der Waals surface area contributed by atoms with Crippen molar-refractivity contribution in [1.82, 2.24) is 9.55 Å². The van der Waals surface area contributed by atoms with Crippen molar-refractivity contribution in [3.63, 3.8) is 0 Å². The van der Waals surface area contributed by atoms with Crippen LogP contribution in [0.15, 0.2) is 23.0 Å². The van der Waals surface area contributed by atoms with Crippen LogP contribution < -0.4 is 10.9 Å². The second-order valence-electron chi connectivity index (χ2n) is 7.33. The molecule has 0 saturated heterocycles. The van der Waals surface area contributed by atoms with Crippen molar-refractivity contribution in [2.24, 2.45) is 0 Å². The molecule has 3 heterocycles. The maximum absolute atomic E-state index is 13.7. The lowest BCUT2D eigenvalue weighted by molar-refractivity contribution is -0.123. The molecule has 156 valence electrons. The average Bonchev–Trinajstić information content (AvgIpc) is 3.29. The molecule has 1 aliphatic heterocycles. The number of amides is 1. The van der Waals surface area contributed by atoms with E-state index in [1.54, 1.807) is 30.5 Å². The van der Waals surface area contributed by atoms with Gasteiger partial charge in [-0.25, -0.2) is 14.2 Å². The first-order valence-electron chi connectivity index (χ1n) is 9.57. The van der Waals surface area contributed by atoms with Crippen LogP contribution in [0.3, 0.4) is 0 Å². The van der Waals surface area contributed by atoms with Gasteiger partial charge in [0.25, 0.3) is 11.5 Å². The highest BCUT2D eigenvalue weighted by Crippen LogP contribution is 2.29. The summed E-state index contributed by atoms with van der Waals surface area (Å²) < 4.78 is 20.6. The minimum atomic E-state index is -1.11. The Hall–Kier alpha value is -3.07. The van der Waals surface area contributed by atoms with Crippen LogP contribution in [-0.4, -0.2) is 27.5 Å². The van der Waals surface area contributed by atoms with E-state index in [9.17, 15) is 18.8 Å². The van der Waals surface area contributed by atoms with Gasteiger partial charge in [0, 0.05) is 18.7 Å². The van der Waals surface area contributed by atoms with Crippen molar-refractivity contribution < 1.29 is 18.7 Å². The standard InChI is InChI=1S/C21H20FN3O4S/c1-10-6-7-13(9-14(10)22)23-18(26)12(3)29-21(28)17-11(2)16-19(30-17)24-15-5-4-8-25(15)20(16)27/h6-7,9,12H,4-5,8H2,1-3H3,(H,23,26). The number of hydrogen-bond donors (Lipinski definition) is 1. The number of aromatic nitrogens is 2. The Morgan fingerprint density at radius 1 is 1.33 bits per heavy atom. The maximum atomic E-state index is 13.7. The van der Waals surface area contributed by atoms with Crippen molar-refractivity contribution in [2.75, 3.05) is 5.32 Å². The van der Waals surface area contributed by atoms with Gasteiger partial charge in [0.05, 0.1) is 5.39 Å². The Morgan fingerprint density at radius 2 is 2.10 bits per heavy atom. The van der Waals surface area contributed by atoms with Gasteiger partial charge in [0.1, 0.15) is 21.3 Å². The summed E-state index contributed by atoms with van der Waals surface area (Å²) in [7, 11) is 0. The molecule has 1 aromatic carbocycles. The highest BCUT2D eigenvalue weighted by Gasteiger charge is 2.26. The van der Waals surface area contributed by atoms with E-state index in [-0.39, 0.29) is 16.1 Å². The third-order valence-corrected chi connectivity index (χ3v) is 6.36. The highest BCUT2D eigenvalue weighted by molar-refractivity contribution is 7.20. The lowest BCUT2D eigenvalue weighted by Crippen LogP contribution is -2.30. The van der Waals surface area contributed by atoms with E-state index in [4.69, 9.17) is 4.74 Å². The first-order chi connectivity index (χ1) is 14.3. The molecule has 0 radical (unpaired) electrons. The van der Waals surface area contributed by atoms with E-state index in [2.05, 4.69) is 10.3 Å². The van der Waals surface area contributed by atoms with Crippen molar-refractivity contribution in [3.05, 3.63) is 56.2 Å². The number of halogens is 1. The zero-order chi connectivity index (χ0) is 21.6. The summed E-state index contributed by atoms with van der Waals surface area (Å²) in [5.74, 6) is -0.990. The molecule has 7 nitrogen and oxygen atoms in total. The van der Waals surface area contributed by atoms with Gasteiger partial charge in [-0.3, -0.25) is 14.2 Å². The fraction of sp³-hybridized carbons (Fsp3) is 0.333. The van der Waals surface area contributed by atoms with E-state index in [1.165, 1.54) is 13.0 Å². The Balaban J connectivity index is 1.53. The van der Waals surface area contributed by atoms with Crippen molar-refractivity contribution in [1.29, 1.82) is 0 Å². The topological polar surface area (TPSA) is 90.3 Å². The molecule has 30 heavy (non-hydrogen) atoms. The number of nitrogens with zero attached hydrogens (tertiary/aromatic N) is 2. The third kappa shape index (κ3) is 3.49. The number of anilines is 1. The van der Waals surface area contributed by atoms with Crippen LogP contribution in [0.5, 0.6) is 0 Å². The van der Waals surface area contributed by atoms with Crippen molar-refractivity contribution in [2.45, 2.75) is 46.3 Å². The number of hydrogen-bond acceptors (Lipinski definition) is 6. The molecular weight excluding hydrogens is 409 g/mol. The van der Waals surface area contributed by atoms with E-state index in [0.29, 0.717) is 27.9 Å². The number of esters is 1. The Bertz CT molecular complexity index is 1250. The van der Waals surface area contributed by atoms with Gasteiger partial charge < -0.3 is 10.1 Å². The minimum Gasteiger partial charge on any atom is -0.448 e. The number of carbonyl (C=O) groups excluding carboxylic acids is 2. The smallest absolute Gasteiger partial charge is 0.349 e. The molecule has 0 spiro atoms. The summed E-state index contributed by atoms with van der Waals surface area (Å²) in [5, 5.41) is 2.95. The number of benzene rings is 1. The van der Waals surface area contributed by atoms with Gasteiger partial charge in [-0.05, 0) is 50.5 Å². The molecule has 1 atom stereocenters. The van der Waals surface area contributed by atoms with Crippen LogP contribution in [0.1, 0.15) is 40.0 Å². The molecular formula is C21H20FN3O4S. The Morgan fingerprint density at radius 3 is 2.83 bits per heavy atom. The second kappa shape index (κ2) is 7.64. The normalized spacial score (nSPS) is 13.9. The Labute approximate surface area is 175 Å². The van der Waals surface area contributed by atoms with Crippen LogP contribution in [-0.2, 0) is 22.5 Å². The molecule has 1 N–H and O–H groups in total. The van der Waals surface area contributed by atoms with Crippen molar-refractivity contribution in [3.8, 4) is 0 Å². The first kappa shape index (κ1) is 20.2. The van der Waals surface area contributed by atoms with Gasteiger partial charge in [0.2, 0.25) is 0 Å². The summed E-state index contributed by atoms with van der Waals surface area (Å²) >= 11 is 1.09.